The third kappa shape index (κ3) is 2.98. The molecule has 0 unspecified atom stereocenters. The highest BCUT2D eigenvalue weighted by atomic mass is 32.2. The highest BCUT2D eigenvalue weighted by molar-refractivity contribution is 7.89. The average molecular weight is 345 g/mol. The van der Waals surface area contributed by atoms with Crippen molar-refractivity contribution in [2.45, 2.75) is 30.8 Å². The van der Waals surface area contributed by atoms with Gasteiger partial charge in [-0.05, 0) is 55.3 Å². The SMILES string of the molecule is C[C@H]1Cc2cc(S(N)(=O)=O)ccc2N1Cc1cc(C#N)ccc1F. The second-order valence-electron chi connectivity index (χ2n) is 5.93. The van der Waals surface area contributed by atoms with Crippen LogP contribution in [0.3, 0.4) is 0 Å². The molecule has 1 atom stereocenters. The quantitative estimate of drug-likeness (QED) is 0.924. The number of sulfonamides is 1. The van der Waals surface area contributed by atoms with E-state index in [1.807, 2.05) is 17.9 Å². The number of anilines is 1. The van der Waals surface area contributed by atoms with Crippen LogP contribution >= 0.6 is 0 Å². The van der Waals surface area contributed by atoms with E-state index < -0.39 is 10.0 Å². The molecule has 1 aliphatic rings. The number of hydrogen-bond acceptors (Lipinski definition) is 4. The maximum absolute atomic E-state index is 14.1. The molecule has 7 heteroatoms. The van der Waals surface area contributed by atoms with Gasteiger partial charge in [-0.2, -0.15) is 5.26 Å². The summed E-state index contributed by atoms with van der Waals surface area (Å²) < 4.78 is 37.0. The summed E-state index contributed by atoms with van der Waals surface area (Å²) in [5.41, 5.74) is 2.56. The van der Waals surface area contributed by atoms with E-state index in [0.717, 1.165) is 11.3 Å². The lowest BCUT2D eigenvalue weighted by Crippen LogP contribution is -2.29. The Balaban J connectivity index is 1.96. The van der Waals surface area contributed by atoms with Gasteiger partial charge in [0, 0.05) is 23.8 Å². The minimum absolute atomic E-state index is 0.0768. The van der Waals surface area contributed by atoms with Gasteiger partial charge in [0.2, 0.25) is 10.0 Å². The van der Waals surface area contributed by atoms with Gasteiger partial charge in [-0.3, -0.25) is 0 Å². The predicted octanol–water partition coefficient (Wildman–Crippen LogP) is 2.30. The molecule has 0 aromatic heterocycles. The summed E-state index contributed by atoms with van der Waals surface area (Å²) in [5.74, 6) is -0.365. The third-order valence-electron chi connectivity index (χ3n) is 4.25. The van der Waals surface area contributed by atoms with Crippen molar-refractivity contribution in [2.24, 2.45) is 5.14 Å². The number of nitrogens with zero attached hydrogens (tertiary/aromatic N) is 2. The highest BCUT2D eigenvalue weighted by Gasteiger charge is 2.28. The maximum atomic E-state index is 14.1. The first-order valence-corrected chi connectivity index (χ1v) is 8.95. The van der Waals surface area contributed by atoms with E-state index in [1.54, 1.807) is 18.2 Å². The first-order chi connectivity index (χ1) is 11.3. The summed E-state index contributed by atoms with van der Waals surface area (Å²) in [6.07, 6.45) is 0.651. The predicted molar refractivity (Wildman–Crippen MR) is 88.3 cm³/mol. The minimum Gasteiger partial charge on any atom is -0.364 e. The van der Waals surface area contributed by atoms with Crippen LogP contribution in [-0.4, -0.2) is 14.5 Å². The third-order valence-corrected chi connectivity index (χ3v) is 5.16. The van der Waals surface area contributed by atoms with Crippen LogP contribution in [0.2, 0.25) is 0 Å². The van der Waals surface area contributed by atoms with Crippen molar-refractivity contribution in [1.82, 2.24) is 0 Å². The molecule has 0 aliphatic carbocycles. The Morgan fingerprint density at radius 3 is 2.75 bits per heavy atom. The fourth-order valence-corrected chi connectivity index (χ4v) is 3.60. The van der Waals surface area contributed by atoms with Crippen molar-refractivity contribution in [2.75, 3.05) is 4.90 Å². The van der Waals surface area contributed by atoms with Crippen LogP contribution in [0.15, 0.2) is 41.3 Å². The van der Waals surface area contributed by atoms with Gasteiger partial charge < -0.3 is 4.90 Å². The first-order valence-electron chi connectivity index (χ1n) is 7.40. The number of halogens is 1. The Labute approximate surface area is 140 Å². The molecule has 2 aromatic rings. The van der Waals surface area contributed by atoms with Crippen LogP contribution in [0.5, 0.6) is 0 Å². The number of benzene rings is 2. The van der Waals surface area contributed by atoms with Crippen molar-refractivity contribution in [3.63, 3.8) is 0 Å². The number of primary sulfonamides is 1. The van der Waals surface area contributed by atoms with E-state index in [9.17, 15) is 12.8 Å². The molecule has 2 aromatic carbocycles. The molecule has 0 amide bonds. The molecule has 24 heavy (non-hydrogen) atoms. The molecule has 124 valence electrons. The fourth-order valence-electron chi connectivity index (χ4n) is 3.04. The van der Waals surface area contributed by atoms with E-state index in [4.69, 9.17) is 10.4 Å². The van der Waals surface area contributed by atoms with Gasteiger partial charge in [0.15, 0.2) is 0 Å². The van der Waals surface area contributed by atoms with Crippen LogP contribution in [0.4, 0.5) is 10.1 Å². The highest BCUT2D eigenvalue weighted by Crippen LogP contribution is 2.35. The topological polar surface area (TPSA) is 87.2 Å². The molecule has 1 heterocycles. The zero-order valence-corrected chi connectivity index (χ0v) is 13.8. The van der Waals surface area contributed by atoms with Crippen molar-refractivity contribution < 1.29 is 12.8 Å². The Bertz CT molecular complexity index is 951. The summed E-state index contributed by atoms with van der Waals surface area (Å²) in [6.45, 7) is 2.30. The Kier molecular flexibility index (Phi) is 4.03. The second-order valence-corrected chi connectivity index (χ2v) is 7.50. The normalized spacial score (nSPS) is 16.8. The number of fused-ring (bicyclic) bond motifs is 1. The van der Waals surface area contributed by atoms with Gasteiger partial charge in [-0.1, -0.05) is 0 Å². The zero-order chi connectivity index (χ0) is 17.5. The summed E-state index contributed by atoms with van der Waals surface area (Å²) in [7, 11) is -3.75. The number of nitrogens with two attached hydrogens (primary N) is 1. The molecule has 2 N–H and O–H groups in total. The van der Waals surface area contributed by atoms with Gasteiger partial charge in [0.1, 0.15) is 5.82 Å². The van der Waals surface area contributed by atoms with E-state index in [2.05, 4.69) is 0 Å². The summed E-state index contributed by atoms with van der Waals surface area (Å²) in [6, 6.07) is 11.1. The summed E-state index contributed by atoms with van der Waals surface area (Å²) >= 11 is 0. The van der Waals surface area contributed by atoms with Crippen LogP contribution in [0.1, 0.15) is 23.6 Å². The summed E-state index contributed by atoms with van der Waals surface area (Å²) in [4.78, 5) is 2.08. The van der Waals surface area contributed by atoms with E-state index >= 15 is 0 Å². The van der Waals surface area contributed by atoms with Crippen molar-refractivity contribution in [3.8, 4) is 6.07 Å². The standard InChI is InChI=1S/C17H16FN3O2S/c1-11-6-13-8-15(24(20,22)23)3-5-17(13)21(11)10-14-7-12(9-19)2-4-16(14)18/h2-5,7-8,11H,6,10H2,1H3,(H2,20,22,23)/t11-/m0/s1. The van der Waals surface area contributed by atoms with Crippen molar-refractivity contribution in [3.05, 3.63) is 58.9 Å². The molecule has 1 aliphatic heterocycles. The number of rotatable bonds is 3. The van der Waals surface area contributed by atoms with Crippen LogP contribution in [-0.2, 0) is 23.0 Å². The molecule has 0 spiro atoms. The van der Waals surface area contributed by atoms with Crippen LogP contribution in [0.25, 0.3) is 0 Å². The van der Waals surface area contributed by atoms with E-state index in [1.165, 1.54) is 18.2 Å². The lowest BCUT2D eigenvalue weighted by Gasteiger charge is -2.25. The molecule has 5 nitrogen and oxygen atoms in total. The van der Waals surface area contributed by atoms with Crippen molar-refractivity contribution in [1.29, 1.82) is 5.26 Å². The molecule has 0 bridgehead atoms. The fraction of sp³-hybridized carbons (Fsp3) is 0.235. The first kappa shape index (κ1) is 16.4. The zero-order valence-electron chi connectivity index (χ0n) is 13.0. The molecule has 0 saturated carbocycles. The molecular weight excluding hydrogens is 329 g/mol. The molecule has 0 saturated heterocycles. The molecule has 0 fully saturated rings. The Morgan fingerprint density at radius 2 is 2.08 bits per heavy atom. The Morgan fingerprint density at radius 1 is 1.33 bits per heavy atom. The molecule has 3 rings (SSSR count). The minimum atomic E-state index is -3.75. The number of hydrogen-bond donors (Lipinski definition) is 1. The van der Waals surface area contributed by atoms with Crippen LogP contribution < -0.4 is 10.0 Å². The Hall–Kier alpha value is -2.43. The van der Waals surface area contributed by atoms with Crippen molar-refractivity contribution >= 4 is 15.7 Å². The van der Waals surface area contributed by atoms with Gasteiger partial charge in [0.05, 0.1) is 16.5 Å². The largest absolute Gasteiger partial charge is 0.364 e. The lowest BCUT2D eigenvalue weighted by molar-refractivity contribution is 0.592. The van der Waals surface area contributed by atoms with Gasteiger partial charge in [0.25, 0.3) is 0 Å². The van der Waals surface area contributed by atoms with Gasteiger partial charge in [-0.15, -0.1) is 0 Å². The molecule has 0 radical (unpaired) electrons. The van der Waals surface area contributed by atoms with E-state index in [0.29, 0.717) is 24.1 Å². The second kappa shape index (κ2) is 5.89. The maximum Gasteiger partial charge on any atom is 0.238 e. The van der Waals surface area contributed by atoms with Gasteiger partial charge in [-0.25, -0.2) is 17.9 Å². The smallest absolute Gasteiger partial charge is 0.238 e. The van der Waals surface area contributed by atoms with Gasteiger partial charge >= 0.3 is 0 Å². The monoisotopic (exact) mass is 345 g/mol. The molecular formula is C17H16FN3O2S. The van der Waals surface area contributed by atoms with Crippen LogP contribution in [0, 0.1) is 17.1 Å². The number of nitriles is 1. The average Bonchev–Trinajstić information content (AvgIpc) is 2.83. The lowest BCUT2D eigenvalue weighted by atomic mass is 10.1. The van der Waals surface area contributed by atoms with E-state index in [-0.39, 0.29) is 16.8 Å². The summed E-state index contributed by atoms with van der Waals surface area (Å²) in [5, 5.41) is 14.1.